The second-order valence-electron chi connectivity index (χ2n) is 7.05. The molecule has 0 aromatic heterocycles. The van der Waals surface area contributed by atoms with Crippen molar-refractivity contribution in [3.8, 4) is 11.5 Å². The van der Waals surface area contributed by atoms with Gasteiger partial charge in [0, 0.05) is 13.1 Å². The number of rotatable bonds is 9. The first kappa shape index (κ1) is 20.2. The molecule has 0 aliphatic carbocycles. The van der Waals surface area contributed by atoms with Crippen LogP contribution in [0.2, 0.25) is 0 Å². The van der Waals surface area contributed by atoms with Crippen molar-refractivity contribution in [2.45, 2.75) is 39.3 Å². The predicted octanol–water partition coefficient (Wildman–Crippen LogP) is 3.77. The topological polar surface area (TPSA) is 50.8 Å². The molecule has 0 unspecified atom stereocenters. The van der Waals surface area contributed by atoms with Crippen molar-refractivity contribution < 1.29 is 14.3 Å². The van der Waals surface area contributed by atoms with Crippen LogP contribution in [0, 0.1) is 0 Å². The minimum Gasteiger partial charge on any atom is -0.490 e. The number of amides is 1. The molecule has 0 atom stereocenters. The van der Waals surface area contributed by atoms with Gasteiger partial charge >= 0.3 is 0 Å². The van der Waals surface area contributed by atoms with Gasteiger partial charge in [-0.2, -0.15) is 0 Å². The van der Waals surface area contributed by atoms with Crippen molar-refractivity contribution in [2.24, 2.45) is 0 Å². The molecule has 1 fully saturated rings. The Morgan fingerprint density at radius 2 is 1.57 bits per heavy atom. The van der Waals surface area contributed by atoms with E-state index in [1.165, 1.54) is 24.8 Å². The lowest BCUT2D eigenvalue weighted by atomic mass is 10.0. The molecule has 1 N–H and O–H groups in total. The van der Waals surface area contributed by atoms with Gasteiger partial charge in [-0.15, -0.1) is 0 Å². The summed E-state index contributed by atoms with van der Waals surface area (Å²) in [5.41, 5.74) is 2.45. The lowest BCUT2D eigenvalue weighted by Gasteiger charge is -2.27. The predicted molar refractivity (Wildman–Crippen MR) is 111 cm³/mol. The molecule has 5 nitrogen and oxygen atoms in total. The van der Waals surface area contributed by atoms with E-state index in [0.29, 0.717) is 24.7 Å². The van der Waals surface area contributed by atoms with Crippen LogP contribution in [0.1, 0.15) is 37.3 Å². The molecule has 0 saturated carbocycles. The Kier molecular flexibility index (Phi) is 7.73. The van der Waals surface area contributed by atoms with Gasteiger partial charge < -0.3 is 14.8 Å². The Morgan fingerprint density at radius 1 is 0.929 bits per heavy atom. The number of hydrogen-bond acceptors (Lipinski definition) is 4. The minimum absolute atomic E-state index is 0.0294. The lowest BCUT2D eigenvalue weighted by molar-refractivity contribution is -0.123. The summed E-state index contributed by atoms with van der Waals surface area (Å²) in [6, 6.07) is 15.7. The molecule has 1 amide bonds. The monoisotopic (exact) mass is 382 g/mol. The summed E-state index contributed by atoms with van der Waals surface area (Å²) in [5, 5.41) is 2.98. The van der Waals surface area contributed by atoms with Gasteiger partial charge in [-0.05, 0) is 56.1 Å². The highest BCUT2D eigenvalue weighted by molar-refractivity contribution is 5.77. The number of likely N-dealkylation sites (tertiary alicyclic amines) is 1. The van der Waals surface area contributed by atoms with E-state index in [0.717, 1.165) is 25.2 Å². The lowest BCUT2D eigenvalue weighted by Crippen LogP contribution is -2.31. The van der Waals surface area contributed by atoms with Crippen LogP contribution in [0.25, 0.3) is 0 Å². The van der Waals surface area contributed by atoms with Crippen LogP contribution < -0.4 is 14.8 Å². The summed E-state index contributed by atoms with van der Waals surface area (Å²) in [6.45, 7) is 6.23. The molecule has 28 heavy (non-hydrogen) atoms. The fraction of sp³-hybridized carbons (Fsp3) is 0.435. The molecule has 0 bridgehead atoms. The van der Waals surface area contributed by atoms with E-state index in [9.17, 15) is 4.79 Å². The number of ether oxygens (including phenoxy) is 2. The summed E-state index contributed by atoms with van der Waals surface area (Å²) in [4.78, 5) is 14.8. The first-order chi connectivity index (χ1) is 13.8. The Bertz CT molecular complexity index is 757. The summed E-state index contributed by atoms with van der Waals surface area (Å²) >= 11 is 0. The highest BCUT2D eigenvalue weighted by Crippen LogP contribution is 2.26. The molecule has 1 aliphatic rings. The summed E-state index contributed by atoms with van der Waals surface area (Å²) in [6.07, 6.45) is 3.89. The first-order valence-corrected chi connectivity index (χ1v) is 10.2. The maximum Gasteiger partial charge on any atom is 0.258 e. The normalized spacial score (nSPS) is 14.5. The molecule has 5 heteroatoms. The number of nitrogens with one attached hydrogen (secondary N) is 1. The van der Waals surface area contributed by atoms with Crippen LogP contribution in [-0.2, 0) is 17.9 Å². The molecule has 3 rings (SSSR count). The quantitative estimate of drug-likeness (QED) is 0.717. The molecule has 1 aliphatic heterocycles. The Hall–Kier alpha value is -2.53. The molecule has 2 aromatic rings. The Morgan fingerprint density at radius 3 is 2.29 bits per heavy atom. The standard InChI is InChI=1S/C23H30N2O3/c1-2-27-21-12-6-7-13-22(21)28-18-23(26)24-16-19-10-4-5-11-20(19)17-25-14-8-3-9-15-25/h4-7,10-13H,2-3,8-9,14-18H2,1H3,(H,24,26). The smallest absolute Gasteiger partial charge is 0.258 e. The third-order valence-corrected chi connectivity index (χ3v) is 4.94. The van der Waals surface area contributed by atoms with Crippen molar-refractivity contribution in [3.63, 3.8) is 0 Å². The van der Waals surface area contributed by atoms with Gasteiger partial charge in [-0.25, -0.2) is 0 Å². The number of carbonyl (C=O) groups excluding carboxylic acids is 1. The summed E-state index contributed by atoms with van der Waals surface area (Å²) in [5.74, 6) is 1.11. The molecular weight excluding hydrogens is 352 g/mol. The molecule has 1 saturated heterocycles. The zero-order valence-electron chi connectivity index (χ0n) is 16.7. The van der Waals surface area contributed by atoms with Crippen LogP contribution in [0.4, 0.5) is 0 Å². The zero-order valence-corrected chi connectivity index (χ0v) is 16.7. The van der Waals surface area contributed by atoms with E-state index < -0.39 is 0 Å². The van der Waals surface area contributed by atoms with Crippen LogP contribution in [0.15, 0.2) is 48.5 Å². The fourth-order valence-corrected chi connectivity index (χ4v) is 3.47. The van der Waals surface area contributed by atoms with Crippen molar-refractivity contribution in [2.75, 3.05) is 26.3 Å². The van der Waals surface area contributed by atoms with Crippen molar-refractivity contribution >= 4 is 5.91 Å². The largest absolute Gasteiger partial charge is 0.490 e. The van der Waals surface area contributed by atoms with Crippen molar-refractivity contribution in [1.82, 2.24) is 10.2 Å². The van der Waals surface area contributed by atoms with E-state index in [4.69, 9.17) is 9.47 Å². The Balaban J connectivity index is 1.51. The first-order valence-electron chi connectivity index (χ1n) is 10.2. The molecule has 0 spiro atoms. The van der Waals surface area contributed by atoms with E-state index in [1.54, 1.807) is 0 Å². The number of nitrogens with zero attached hydrogens (tertiary/aromatic N) is 1. The number of para-hydroxylation sites is 2. The number of hydrogen-bond donors (Lipinski definition) is 1. The van der Waals surface area contributed by atoms with Gasteiger partial charge in [-0.1, -0.05) is 42.8 Å². The minimum atomic E-state index is -0.140. The van der Waals surface area contributed by atoms with Gasteiger partial charge in [0.05, 0.1) is 6.61 Å². The maximum atomic E-state index is 12.3. The van der Waals surface area contributed by atoms with Crippen LogP contribution in [0.5, 0.6) is 11.5 Å². The van der Waals surface area contributed by atoms with E-state index >= 15 is 0 Å². The SMILES string of the molecule is CCOc1ccccc1OCC(=O)NCc1ccccc1CN1CCCCC1. The highest BCUT2D eigenvalue weighted by atomic mass is 16.5. The number of carbonyl (C=O) groups is 1. The van der Waals surface area contributed by atoms with E-state index in [-0.39, 0.29) is 12.5 Å². The average Bonchev–Trinajstić information content (AvgIpc) is 2.73. The zero-order chi connectivity index (χ0) is 19.6. The van der Waals surface area contributed by atoms with Crippen LogP contribution in [0.3, 0.4) is 0 Å². The second kappa shape index (κ2) is 10.7. The third kappa shape index (κ3) is 5.99. The Labute approximate surface area is 167 Å². The molecule has 2 aromatic carbocycles. The van der Waals surface area contributed by atoms with Gasteiger partial charge in [0.1, 0.15) is 0 Å². The number of piperidine rings is 1. The van der Waals surface area contributed by atoms with E-state index in [1.807, 2.05) is 37.3 Å². The molecule has 150 valence electrons. The molecule has 1 heterocycles. The summed E-state index contributed by atoms with van der Waals surface area (Å²) in [7, 11) is 0. The van der Waals surface area contributed by atoms with Crippen LogP contribution >= 0.6 is 0 Å². The average molecular weight is 383 g/mol. The fourth-order valence-electron chi connectivity index (χ4n) is 3.47. The van der Waals surface area contributed by atoms with Crippen molar-refractivity contribution in [3.05, 3.63) is 59.7 Å². The third-order valence-electron chi connectivity index (χ3n) is 4.94. The van der Waals surface area contributed by atoms with Gasteiger partial charge in [0.25, 0.3) is 5.91 Å². The number of benzene rings is 2. The van der Waals surface area contributed by atoms with Crippen LogP contribution in [-0.4, -0.2) is 37.1 Å². The molecular formula is C23H30N2O3. The van der Waals surface area contributed by atoms with Crippen molar-refractivity contribution in [1.29, 1.82) is 0 Å². The summed E-state index contributed by atoms with van der Waals surface area (Å²) < 4.78 is 11.2. The van der Waals surface area contributed by atoms with E-state index in [2.05, 4.69) is 28.4 Å². The second-order valence-corrected chi connectivity index (χ2v) is 7.05. The van der Waals surface area contributed by atoms with Gasteiger partial charge in [0.15, 0.2) is 18.1 Å². The highest BCUT2D eigenvalue weighted by Gasteiger charge is 2.13. The van der Waals surface area contributed by atoms with Gasteiger partial charge in [-0.3, -0.25) is 9.69 Å². The van der Waals surface area contributed by atoms with Gasteiger partial charge in [0.2, 0.25) is 0 Å². The molecule has 0 radical (unpaired) electrons. The maximum absolute atomic E-state index is 12.3.